The number of benzene rings is 1. The lowest BCUT2D eigenvalue weighted by atomic mass is 9.91. The van der Waals surface area contributed by atoms with E-state index in [1.807, 2.05) is 0 Å². The lowest BCUT2D eigenvalue weighted by molar-refractivity contribution is 0.359. The number of nitrogens with one attached hydrogen (secondary N) is 1. The van der Waals surface area contributed by atoms with Crippen LogP contribution in [0, 0.1) is 11.8 Å². The van der Waals surface area contributed by atoms with Crippen LogP contribution in [0.3, 0.4) is 0 Å². The van der Waals surface area contributed by atoms with Crippen LogP contribution >= 0.6 is 0 Å². The number of pyridine rings is 1. The van der Waals surface area contributed by atoms with Gasteiger partial charge in [-0.15, -0.1) is 0 Å². The van der Waals surface area contributed by atoms with Gasteiger partial charge in [0.25, 0.3) is 0 Å². The van der Waals surface area contributed by atoms with Gasteiger partial charge in [-0.05, 0) is 55.3 Å². The van der Waals surface area contributed by atoms with Gasteiger partial charge in [0, 0.05) is 17.6 Å². The molecule has 1 saturated carbocycles. The highest BCUT2D eigenvalue weighted by molar-refractivity contribution is 5.78. The number of fused-ring (bicyclic) bond motifs is 1. The summed E-state index contributed by atoms with van der Waals surface area (Å²) in [7, 11) is 0. The molecule has 0 radical (unpaired) electrons. The highest BCUT2D eigenvalue weighted by atomic mass is 14.9. The molecule has 1 N–H and O–H groups in total. The van der Waals surface area contributed by atoms with Crippen LogP contribution in [-0.4, -0.2) is 11.5 Å². The molecule has 21 heavy (non-hydrogen) atoms. The molecule has 1 fully saturated rings. The summed E-state index contributed by atoms with van der Waals surface area (Å²) >= 11 is 0. The van der Waals surface area contributed by atoms with E-state index in [9.17, 15) is 0 Å². The van der Waals surface area contributed by atoms with Gasteiger partial charge in [0.2, 0.25) is 0 Å². The average molecular weight is 282 g/mol. The molecule has 112 valence electrons. The van der Waals surface area contributed by atoms with E-state index in [1.165, 1.54) is 36.6 Å². The van der Waals surface area contributed by atoms with Crippen LogP contribution in [0.25, 0.3) is 10.9 Å². The van der Waals surface area contributed by atoms with Crippen molar-refractivity contribution in [2.75, 3.05) is 6.54 Å². The second kappa shape index (κ2) is 6.57. The van der Waals surface area contributed by atoms with Gasteiger partial charge in [0.15, 0.2) is 0 Å². The summed E-state index contributed by atoms with van der Waals surface area (Å²) in [6, 6.07) is 11.2. The zero-order valence-electron chi connectivity index (χ0n) is 13.2. The first-order valence-corrected chi connectivity index (χ1v) is 8.36. The van der Waals surface area contributed by atoms with E-state index in [2.05, 4.69) is 60.7 Å². The van der Waals surface area contributed by atoms with Crippen LogP contribution in [0.1, 0.15) is 51.1 Å². The topological polar surface area (TPSA) is 24.9 Å². The number of para-hydroxylation sites is 1. The van der Waals surface area contributed by atoms with E-state index < -0.39 is 0 Å². The highest BCUT2D eigenvalue weighted by Crippen LogP contribution is 2.39. The van der Waals surface area contributed by atoms with Gasteiger partial charge in [0.1, 0.15) is 0 Å². The second-order valence-electron chi connectivity index (χ2n) is 6.57. The summed E-state index contributed by atoms with van der Waals surface area (Å²) in [4.78, 5) is 4.66. The van der Waals surface area contributed by atoms with Crippen LogP contribution in [-0.2, 0) is 0 Å². The lowest BCUT2D eigenvalue weighted by Gasteiger charge is -2.25. The van der Waals surface area contributed by atoms with Crippen LogP contribution in [0.4, 0.5) is 0 Å². The van der Waals surface area contributed by atoms with E-state index in [0.29, 0.717) is 6.04 Å². The maximum absolute atomic E-state index is 4.66. The quantitative estimate of drug-likeness (QED) is 0.859. The molecule has 2 heteroatoms. The number of rotatable bonds is 5. The predicted octanol–water partition coefficient (Wildman–Crippen LogP) is 4.71. The van der Waals surface area contributed by atoms with Gasteiger partial charge in [-0.3, -0.25) is 4.98 Å². The minimum atomic E-state index is 0.465. The molecule has 1 heterocycles. The first-order chi connectivity index (χ1) is 10.3. The van der Waals surface area contributed by atoms with E-state index in [1.54, 1.807) is 0 Å². The van der Waals surface area contributed by atoms with Crippen LogP contribution in [0.2, 0.25) is 0 Å². The molecule has 3 atom stereocenters. The minimum absolute atomic E-state index is 0.465. The summed E-state index contributed by atoms with van der Waals surface area (Å²) in [5, 5.41) is 5.03. The zero-order chi connectivity index (χ0) is 14.7. The van der Waals surface area contributed by atoms with Crippen LogP contribution < -0.4 is 5.32 Å². The summed E-state index contributed by atoms with van der Waals surface area (Å²) in [6.07, 6.45) is 7.32. The molecule has 0 amide bonds. The number of hydrogen-bond acceptors (Lipinski definition) is 2. The summed E-state index contributed by atoms with van der Waals surface area (Å²) in [6.45, 7) is 5.71. The summed E-state index contributed by atoms with van der Waals surface area (Å²) < 4.78 is 0. The van der Waals surface area contributed by atoms with E-state index in [-0.39, 0.29) is 0 Å². The van der Waals surface area contributed by atoms with E-state index in [4.69, 9.17) is 0 Å². The predicted molar refractivity (Wildman–Crippen MR) is 89.3 cm³/mol. The first-order valence-electron chi connectivity index (χ1n) is 8.36. The Morgan fingerprint density at radius 1 is 1.29 bits per heavy atom. The van der Waals surface area contributed by atoms with Crippen molar-refractivity contribution in [3.8, 4) is 0 Å². The van der Waals surface area contributed by atoms with Crippen molar-refractivity contribution in [1.82, 2.24) is 10.3 Å². The Balaban J connectivity index is 1.89. The van der Waals surface area contributed by atoms with Gasteiger partial charge >= 0.3 is 0 Å². The Kier molecular flexibility index (Phi) is 4.54. The normalized spacial score (nSPS) is 23.5. The van der Waals surface area contributed by atoms with Crippen molar-refractivity contribution in [1.29, 1.82) is 0 Å². The Morgan fingerprint density at radius 3 is 2.90 bits per heavy atom. The lowest BCUT2D eigenvalue weighted by Crippen LogP contribution is -2.28. The van der Waals surface area contributed by atoms with Crippen molar-refractivity contribution < 1.29 is 0 Å². The Hall–Kier alpha value is -1.41. The fraction of sp³-hybridized carbons (Fsp3) is 0.526. The van der Waals surface area contributed by atoms with Gasteiger partial charge in [-0.2, -0.15) is 0 Å². The van der Waals surface area contributed by atoms with Crippen LogP contribution in [0.15, 0.2) is 36.5 Å². The van der Waals surface area contributed by atoms with Gasteiger partial charge in [-0.25, -0.2) is 0 Å². The molecule has 1 aromatic carbocycles. The van der Waals surface area contributed by atoms with Crippen molar-refractivity contribution in [2.45, 2.75) is 45.6 Å². The SMILES string of the molecule is CCCNC(c1cnc2ccccc2c1)C1CCC(C)C1. The zero-order valence-corrected chi connectivity index (χ0v) is 13.2. The Labute approximate surface area is 128 Å². The molecule has 0 bridgehead atoms. The van der Waals surface area contributed by atoms with Crippen molar-refractivity contribution in [3.05, 3.63) is 42.1 Å². The van der Waals surface area contributed by atoms with Gasteiger partial charge in [-0.1, -0.05) is 38.5 Å². The van der Waals surface area contributed by atoms with Gasteiger partial charge < -0.3 is 5.32 Å². The standard InChI is InChI=1S/C19H26N2/c1-3-10-20-19(16-9-8-14(2)11-16)17-12-15-6-4-5-7-18(15)21-13-17/h4-7,12-14,16,19-20H,3,8-11H2,1-2H3. The molecular formula is C19H26N2. The molecule has 3 rings (SSSR count). The highest BCUT2D eigenvalue weighted by Gasteiger charge is 2.29. The van der Waals surface area contributed by atoms with Gasteiger partial charge in [0.05, 0.1) is 5.52 Å². The third-order valence-corrected chi connectivity index (χ3v) is 4.79. The molecule has 3 unspecified atom stereocenters. The monoisotopic (exact) mass is 282 g/mol. The fourth-order valence-corrected chi connectivity index (χ4v) is 3.67. The van der Waals surface area contributed by atoms with Crippen molar-refractivity contribution in [2.24, 2.45) is 11.8 Å². The first kappa shape index (κ1) is 14.5. The Bertz CT molecular complexity index is 593. The van der Waals surface area contributed by atoms with E-state index in [0.717, 1.165) is 23.9 Å². The summed E-state index contributed by atoms with van der Waals surface area (Å²) in [5.74, 6) is 1.63. The number of hydrogen-bond donors (Lipinski definition) is 1. The Morgan fingerprint density at radius 2 is 2.14 bits per heavy atom. The minimum Gasteiger partial charge on any atom is -0.310 e. The number of nitrogens with zero attached hydrogens (tertiary/aromatic N) is 1. The maximum Gasteiger partial charge on any atom is 0.0702 e. The largest absolute Gasteiger partial charge is 0.310 e. The number of aromatic nitrogens is 1. The molecule has 2 nitrogen and oxygen atoms in total. The average Bonchev–Trinajstić information content (AvgIpc) is 2.94. The summed E-state index contributed by atoms with van der Waals surface area (Å²) in [5.41, 5.74) is 2.46. The second-order valence-corrected chi connectivity index (χ2v) is 6.57. The molecule has 2 aromatic rings. The van der Waals surface area contributed by atoms with Crippen molar-refractivity contribution >= 4 is 10.9 Å². The fourth-order valence-electron chi connectivity index (χ4n) is 3.67. The smallest absolute Gasteiger partial charge is 0.0702 e. The molecule has 0 spiro atoms. The molecule has 1 aliphatic rings. The third-order valence-electron chi connectivity index (χ3n) is 4.79. The molecule has 0 saturated heterocycles. The molecule has 1 aliphatic carbocycles. The molecule has 1 aromatic heterocycles. The maximum atomic E-state index is 4.66. The van der Waals surface area contributed by atoms with Crippen molar-refractivity contribution in [3.63, 3.8) is 0 Å². The molecular weight excluding hydrogens is 256 g/mol. The molecule has 0 aliphatic heterocycles. The van der Waals surface area contributed by atoms with Crippen LogP contribution in [0.5, 0.6) is 0 Å². The van der Waals surface area contributed by atoms with E-state index >= 15 is 0 Å². The third kappa shape index (κ3) is 3.26.